The van der Waals surface area contributed by atoms with E-state index >= 15 is 0 Å². The smallest absolute Gasteiger partial charge is 0.0714 e. The monoisotopic (exact) mass is 944 g/mol. The van der Waals surface area contributed by atoms with Gasteiger partial charge in [-0.3, -0.25) is 0 Å². The van der Waals surface area contributed by atoms with Crippen LogP contribution in [-0.4, -0.2) is 0 Å². The van der Waals surface area contributed by atoms with Crippen molar-refractivity contribution >= 4 is 39.2 Å². The van der Waals surface area contributed by atoms with E-state index in [1.165, 1.54) is 88.7 Å². The number of rotatable bonds is 11. The fourth-order valence-corrected chi connectivity index (χ4v) is 11.6. The lowest BCUT2D eigenvalue weighted by molar-refractivity contribution is 0.768. The number of benzene rings is 12. The standard InChI is InChI=1S/C72H52N2/c1-50-17-16-28-67-70(50)66-47-46-64(49-68(66)72(67,59-21-8-3-9-22-59)60-23-10-4-11-24-60)74(69-48-41-57-18-14-15-27-65(57)71(69)58-19-6-2-7-20-58)63-44-39-56(40-45-63)54-35-31-52(32-36-54)51-29-33-53(34-30-51)55-37-42-62(43-38-55)73-61-25-12-5-13-26-61/h2-49,73H,1H3. The van der Waals surface area contributed by atoms with Gasteiger partial charge in [-0.2, -0.15) is 0 Å². The van der Waals surface area contributed by atoms with Gasteiger partial charge in [0.1, 0.15) is 0 Å². The summed E-state index contributed by atoms with van der Waals surface area (Å²) in [4.78, 5) is 2.48. The predicted octanol–water partition coefficient (Wildman–Crippen LogP) is 19.4. The minimum Gasteiger partial charge on any atom is -0.356 e. The maximum atomic E-state index is 3.48. The van der Waals surface area contributed by atoms with Gasteiger partial charge in [0, 0.05) is 28.3 Å². The molecule has 0 heterocycles. The molecule has 1 N–H and O–H groups in total. The van der Waals surface area contributed by atoms with E-state index in [-0.39, 0.29) is 0 Å². The summed E-state index contributed by atoms with van der Waals surface area (Å²) < 4.78 is 0. The highest BCUT2D eigenvalue weighted by Crippen LogP contribution is 2.58. The van der Waals surface area contributed by atoms with Gasteiger partial charge in [0.2, 0.25) is 0 Å². The topological polar surface area (TPSA) is 15.3 Å². The maximum absolute atomic E-state index is 3.48. The van der Waals surface area contributed by atoms with Gasteiger partial charge in [0.05, 0.1) is 11.1 Å². The molecule has 2 heteroatoms. The Bertz CT molecular complexity index is 3880. The van der Waals surface area contributed by atoms with E-state index in [9.17, 15) is 0 Å². The van der Waals surface area contributed by atoms with Gasteiger partial charge >= 0.3 is 0 Å². The van der Waals surface area contributed by atoms with Crippen molar-refractivity contribution in [2.45, 2.75) is 12.3 Å². The molecule has 74 heavy (non-hydrogen) atoms. The summed E-state index contributed by atoms with van der Waals surface area (Å²) in [7, 11) is 0. The molecule has 13 rings (SSSR count). The van der Waals surface area contributed by atoms with Crippen LogP contribution in [0, 0.1) is 6.92 Å². The molecule has 12 aromatic carbocycles. The van der Waals surface area contributed by atoms with Crippen molar-refractivity contribution in [3.63, 3.8) is 0 Å². The number of hydrogen-bond donors (Lipinski definition) is 1. The van der Waals surface area contributed by atoms with E-state index in [2.05, 4.69) is 290 Å². The minimum absolute atomic E-state index is 0.544. The van der Waals surface area contributed by atoms with Crippen LogP contribution >= 0.6 is 0 Å². The Labute approximate surface area is 434 Å². The Kier molecular flexibility index (Phi) is 11.4. The van der Waals surface area contributed by atoms with Crippen LogP contribution in [0.15, 0.2) is 291 Å². The Morgan fingerprint density at radius 3 is 1.38 bits per heavy atom. The molecular weight excluding hydrogens is 893 g/mol. The molecule has 2 nitrogen and oxygen atoms in total. The summed E-state index contributed by atoms with van der Waals surface area (Å²) in [5.74, 6) is 0. The van der Waals surface area contributed by atoms with Crippen molar-refractivity contribution in [3.8, 4) is 55.6 Å². The van der Waals surface area contributed by atoms with Gasteiger partial charge in [-0.05, 0) is 150 Å². The van der Waals surface area contributed by atoms with E-state index < -0.39 is 5.41 Å². The van der Waals surface area contributed by atoms with Crippen LogP contribution < -0.4 is 10.2 Å². The predicted molar refractivity (Wildman–Crippen MR) is 312 cm³/mol. The molecule has 0 saturated heterocycles. The van der Waals surface area contributed by atoms with Crippen LogP contribution in [0.25, 0.3) is 66.4 Å². The van der Waals surface area contributed by atoms with Gasteiger partial charge in [-0.1, -0.05) is 237 Å². The molecule has 0 bridgehead atoms. The highest BCUT2D eigenvalue weighted by Gasteiger charge is 2.47. The molecule has 0 aliphatic heterocycles. The highest BCUT2D eigenvalue weighted by molar-refractivity contribution is 6.05. The summed E-state index contributed by atoms with van der Waals surface area (Å²) in [6.45, 7) is 2.26. The van der Waals surface area contributed by atoms with Crippen LogP contribution in [0.5, 0.6) is 0 Å². The van der Waals surface area contributed by atoms with E-state index in [1.54, 1.807) is 0 Å². The normalized spacial score (nSPS) is 12.2. The zero-order valence-corrected chi connectivity index (χ0v) is 41.2. The second-order valence-electron chi connectivity index (χ2n) is 19.4. The lowest BCUT2D eigenvalue weighted by Gasteiger charge is -2.35. The van der Waals surface area contributed by atoms with Crippen LogP contribution in [0.3, 0.4) is 0 Å². The first-order chi connectivity index (χ1) is 36.6. The van der Waals surface area contributed by atoms with E-state index in [4.69, 9.17) is 0 Å². The molecule has 0 aromatic heterocycles. The third-order valence-corrected chi connectivity index (χ3v) is 15.1. The number of anilines is 5. The van der Waals surface area contributed by atoms with E-state index in [1.807, 2.05) is 18.2 Å². The van der Waals surface area contributed by atoms with Crippen molar-refractivity contribution < 1.29 is 0 Å². The summed E-state index contributed by atoms with van der Waals surface area (Å²) in [5, 5.41) is 5.91. The molecule has 1 aliphatic carbocycles. The first-order valence-electron chi connectivity index (χ1n) is 25.6. The second kappa shape index (κ2) is 18.9. The van der Waals surface area contributed by atoms with Crippen molar-refractivity contribution in [3.05, 3.63) is 319 Å². The number of hydrogen-bond acceptors (Lipinski definition) is 2. The molecular formula is C72H52N2. The quantitative estimate of drug-likeness (QED) is 0.139. The largest absolute Gasteiger partial charge is 0.356 e. The molecule has 1 aliphatic rings. The van der Waals surface area contributed by atoms with Crippen molar-refractivity contribution in [2.75, 3.05) is 10.2 Å². The number of nitrogens with one attached hydrogen (secondary N) is 1. The lowest BCUT2D eigenvalue weighted by Crippen LogP contribution is -2.28. The first-order valence-corrected chi connectivity index (χ1v) is 25.6. The SMILES string of the molecule is Cc1cccc2c1-c1ccc(N(c3ccc(-c4ccc(-c5ccc(-c6ccc(Nc7ccccc7)cc6)cc5)cc4)cc3)c3ccc4ccccc4c3-c3ccccc3)cc1C2(c1ccccc1)c1ccccc1. The average Bonchev–Trinajstić information content (AvgIpc) is 3.79. The molecule has 0 radical (unpaired) electrons. The fraction of sp³-hybridized carbons (Fsp3) is 0.0278. The number of aryl methyl sites for hydroxylation is 1. The number of fused-ring (bicyclic) bond motifs is 4. The Morgan fingerprint density at radius 1 is 0.324 bits per heavy atom. The summed E-state index contributed by atoms with van der Waals surface area (Å²) in [6, 6.07) is 106. The molecule has 0 unspecified atom stereocenters. The van der Waals surface area contributed by atoms with Crippen molar-refractivity contribution in [1.29, 1.82) is 0 Å². The maximum Gasteiger partial charge on any atom is 0.0714 e. The minimum atomic E-state index is -0.544. The van der Waals surface area contributed by atoms with Crippen molar-refractivity contribution in [1.82, 2.24) is 0 Å². The third-order valence-electron chi connectivity index (χ3n) is 15.1. The van der Waals surface area contributed by atoms with Gasteiger partial charge in [-0.25, -0.2) is 0 Å². The van der Waals surface area contributed by atoms with E-state index in [0.717, 1.165) is 34.0 Å². The van der Waals surface area contributed by atoms with Crippen LogP contribution in [0.4, 0.5) is 28.4 Å². The van der Waals surface area contributed by atoms with Gasteiger partial charge in [0.15, 0.2) is 0 Å². The average molecular weight is 945 g/mol. The third kappa shape index (κ3) is 7.85. The number of para-hydroxylation sites is 1. The van der Waals surface area contributed by atoms with Gasteiger partial charge in [-0.15, -0.1) is 0 Å². The summed E-state index contributed by atoms with van der Waals surface area (Å²) >= 11 is 0. The molecule has 0 fully saturated rings. The molecule has 12 aromatic rings. The van der Waals surface area contributed by atoms with Crippen LogP contribution in [0.1, 0.15) is 27.8 Å². The van der Waals surface area contributed by atoms with Gasteiger partial charge < -0.3 is 10.2 Å². The Morgan fingerprint density at radius 2 is 0.797 bits per heavy atom. The zero-order chi connectivity index (χ0) is 49.4. The Hall–Kier alpha value is -9.50. The number of nitrogens with zero attached hydrogens (tertiary/aromatic N) is 1. The summed E-state index contributed by atoms with van der Waals surface area (Å²) in [6.07, 6.45) is 0. The fourth-order valence-electron chi connectivity index (χ4n) is 11.6. The highest BCUT2D eigenvalue weighted by atomic mass is 15.1. The first kappa shape index (κ1) is 44.4. The zero-order valence-electron chi connectivity index (χ0n) is 41.2. The van der Waals surface area contributed by atoms with Crippen molar-refractivity contribution in [2.24, 2.45) is 0 Å². The lowest BCUT2D eigenvalue weighted by atomic mass is 9.67. The molecule has 0 saturated carbocycles. The molecule has 0 atom stereocenters. The van der Waals surface area contributed by atoms with Gasteiger partial charge in [0.25, 0.3) is 0 Å². The Balaban J connectivity index is 0.893. The molecule has 0 amide bonds. The van der Waals surface area contributed by atoms with Crippen LogP contribution in [0.2, 0.25) is 0 Å². The van der Waals surface area contributed by atoms with E-state index in [0.29, 0.717) is 0 Å². The molecule has 350 valence electrons. The second-order valence-corrected chi connectivity index (χ2v) is 19.4. The summed E-state index contributed by atoms with van der Waals surface area (Å²) in [5.41, 5.74) is 23.3. The van der Waals surface area contributed by atoms with Crippen LogP contribution in [-0.2, 0) is 5.41 Å². The molecule has 0 spiro atoms.